The van der Waals surface area contributed by atoms with Crippen molar-refractivity contribution < 1.29 is 4.79 Å². The molecule has 1 atom stereocenters. The third-order valence-corrected chi connectivity index (χ3v) is 4.30. The van der Waals surface area contributed by atoms with Crippen LogP contribution in [0.1, 0.15) is 25.3 Å². The second-order valence-electron chi connectivity index (χ2n) is 4.87. The highest BCUT2D eigenvalue weighted by molar-refractivity contribution is 9.10. The topological polar surface area (TPSA) is 41.1 Å². The van der Waals surface area contributed by atoms with Crippen molar-refractivity contribution in [1.82, 2.24) is 10.6 Å². The van der Waals surface area contributed by atoms with Gasteiger partial charge in [0.25, 0.3) is 0 Å². The van der Waals surface area contributed by atoms with Crippen LogP contribution in [0.25, 0.3) is 0 Å². The molecule has 0 aliphatic carbocycles. The molecule has 0 bridgehead atoms. The summed E-state index contributed by atoms with van der Waals surface area (Å²) in [6.45, 7) is 4.44. The number of hydrogen-bond acceptors (Lipinski definition) is 2. The van der Waals surface area contributed by atoms with E-state index in [1.165, 1.54) is 0 Å². The first kappa shape index (κ1) is 13.6. The third-order valence-electron chi connectivity index (χ3n) is 3.77. The van der Waals surface area contributed by atoms with Gasteiger partial charge < -0.3 is 10.6 Å². The molecule has 2 rings (SSSR count). The van der Waals surface area contributed by atoms with Crippen LogP contribution in [0.15, 0.2) is 28.7 Å². The Morgan fingerprint density at radius 3 is 2.72 bits per heavy atom. The molecule has 1 aliphatic rings. The molecule has 1 fully saturated rings. The quantitative estimate of drug-likeness (QED) is 0.897. The van der Waals surface area contributed by atoms with Crippen molar-refractivity contribution in [2.24, 2.45) is 5.41 Å². The van der Waals surface area contributed by atoms with E-state index in [9.17, 15) is 4.79 Å². The Kier molecular flexibility index (Phi) is 4.40. The standard InChI is InChI=1S/C14H19BrN2O/c1-2-14(7-8-16-10-14)13(18)17-9-11-3-5-12(15)6-4-11/h3-6,16H,2,7-10H2,1H3,(H,17,18). The first-order valence-corrected chi connectivity index (χ1v) is 7.19. The molecular weight excluding hydrogens is 292 g/mol. The predicted octanol–water partition coefficient (Wildman–Crippen LogP) is 2.46. The smallest absolute Gasteiger partial charge is 0.227 e. The third kappa shape index (κ3) is 2.93. The van der Waals surface area contributed by atoms with Gasteiger partial charge in [-0.15, -0.1) is 0 Å². The number of halogens is 1. The molecule has 0 aromatic heterocycles. The van der Waals surface area contributed by atoms with Crippen LogP contribution in [0.4, 0.5) is 0 Å². The molecule has 0 saturated carbocycles. The second kappa shape index (κ2) is 5.85. The molecule has 0 spiro atoms. The zero-order valence-corrected chi connectivity index (χ0v) is 12.2. The molecular formula is C14H19BrN2O. The minimum absolute atomic E-state index is 0.179. The van der Waals surface area contributed by atoms with Crippen LogP contribution in [0.2, 0.25) is 0 Å². The summed E-state index contributed by atoms with van der Waals surface area (Å²) in [6.07, 6.45) is 1.84. The summed E-state index contributed by atoms with van der Waals surface area (Å²) >= 11 is 3.40. The number of rotatable bonds is 4. The van der Waals surface area contributed by atoms with Gasteiger partial charge in [-0.25, -0.2) is 0 Å². The lowest BCUT2D eigenvalue weighted by Crippen LogP contribution is -2.41. The SMILES string of the molecule is CCC1(C(=O)NCc2ccc(Br)cc2)CCNC1. The summed E-state index contributed by atoms with van der Waals surface area (Å²) in [6, 6.07) is 8.04. The molecule has 1 heterocycles. The Bertz CT molecular complexity index is 410. The first-order valence-electron chi connectivity index (χ1n) is 6.40. The van der Waals surface area contributed by atoms with Crippen LogP contribution in [0.5, 0.6) is 0 Å². The van der Waals surface area contributed by atoms with Gasteiger partial charge in [0.2, 0.25) is 5.91 Å². The Morgan fingerprint density at radius 1 is 1.44 bits per heavy atom. The highest BCUT2D eigenvalue weighted by atomic mass is 79.9. The van der Waals surface area contributed by atoms with Crippen molar-refractivity contribution >= 4 is 21.8 Å². The number of carbonyl (C=O) groups excluding carboxylic acids is 1. The van der Waals surface area contributed by atoms with E-state index in [-0.39, 0.29) is 11.3 Å². The molecule has 1 aromatic rings. The van der Waals surface area contributed by atoms with Gasteiger partial charge in [0.05, 0.1) is 5.41 Å². The fourth-order valence-corrected chi connectivity index (χ4v) is 2.64. The molecule has 1 saturated heterocycles. The first-order chi connectivity index (χ1) is 8.66. The zero-order valence-electron chi connectivity index (χ0n) is 10.6. The van der Waals surface area contributed by atoms with Gasteiger partial charge in [-0.2, -0.15) is 0 Å². The van der Waals surface area contributed by atoms with Crippen LogP contribution < -0.4 is 10.6 Å². The minimum Gasteiger partial charge on any atom is -0.352 e. The largest absolute Gasteiger partial charge is 0.352 e. The number of benzene rings is 1. The van der Waals surface area contributed by atoms with E-state index in [2.05, 4.69) is 33.5 Å². The lowest BCUT2D eigenvalue weighted by Gasteiger charge is -2.25. The van der Waals surface area contributed by atoms with Crippen LogP contribution in [0.3, 0.4) is 0 Å². The highest BCUT2D eigenvalue weighted by Crippen LogP contribution is 2.29. The Labute approximate surface area is 116 Å². The summed E-state index contributed by atoms with van der Waals surface area (Å²) < 4.78 is 1.06. The molecule has 1 amide bonds. The van der Waals surface area contributed by atoms with Crippen molar-refractivity contribution in [2.45, 2.75) is 26.3 Å². The van der Waals surface area contributed by atoms with E-state index in [1.54, 1.807) is 0 Å². The van der Waals surface area contributed by atoms with Crippen LogP contribution in [-0.2, 0) is 11.3 Å². The van der Waals surface area contributed by atoms with Gasteiger partial charge in [-0.3, -0.25) is 4.79 Å². The monoisotopic (exact) mass is 310 g/mol. The Balaban J connectivity index is 1.93. The maximum atomic E-state index is 12.3. The van der Waals surface area contributed by atoms with Gasteiger partial charge in [0.1, 0.15) is 0 Å². The van der Waals surface area contributed by atoms with Crippen molar-refractivity contribution in [1.29, 1.82) is 0 Å². The highest BCUT2D eigenvalue weighted by Gasteiger charge is 2.39. The maximum absolute atomic E-state index is 12.3. The van der Waals surface area contributed by atoms with Gasteiger partial charge in [-0.05, 0) is 37.1 Å². The molecule has 1 aliphatic heterocycles. The molecule has 1 aromatic carbocycles. The van der Waals surface area contributed by atoms with Crippen LogP contribution in [-0.4, -0.2) is 19.0 Å². The molecule has 1 unspecified atom stereocenters. The van der Waals surface area contributed by atoms with Gasteiger partial charge >= 0.3 is 0 Å². The molecule has 98 valence electrons. The van der Waals surface area contributed by atoms with E-state index in [1.807, 2.05) is 24.3 Å². The summed E-state index contributed by atoms with van der Waals surface area (Å²) in [5.74, 6) is 0.179. The molecule has 4 heteroatoms. The van der Waals surface area contributed by atoms with E-state index in [4.69, 9.17) is 0 Å². The average Bonchev–Trinajstić information content (AvgIpc) is 2.88. The van der Waals surface area contributed by atoms with Crippen molar-refractivity contribution in [3.8, 4) is 0 Å². The summed E-state index contributed by atoms with van der Waals surface area (Å²) in [5, 5.41) is 6.34. The molecule has 2 N–H and O–H groups in total. The van der Waals surface area contributed by atoms with Crippen LogP contribution in [0, 0.1) is 5.41 Å². The zero-order chi connectivity index (χ0) is 13.0. The Morgan fingerprint density at radius 2 is 2.17 bits per heavy atom. The van der Waals surface area contributed by atoms with Gasteiger partial charge in [-0.1, -0.05) is 35.0 Å². The lowest BCUT2D eigenvalue weighted by molar-refractivity contribution is -0.130. The number of nitrogens with one attached hydrogen (secondary N) is 2. The molecule has 0 radical (unpaired) electrons. The van der Waals surface area contributed by atoms with Crippen molar-refractivity contribution in [3.63, 3.8) is 0 Å². The Hall–Kier alpha value is -0.870. The summed E-state index contributed by atoms with van der Waals surface area (Å²) in [7, 11) is 0. The summed E-state index contributed by atoms with van der Waals surface area (Å²) in [5.41, 5.74) is 0.929. The molecule has 3 nitrogen and oxygen atoms in total. The lowest BCUT2D eigenvalue weighted by atomic mass is 9.83. The fourth-order valence-electron chi connectivity index (χ4n) is 2.37. The van der Waals surface area contributed by atoms with Crippen molar-refractivity contribution in [3.05, 3.63) is 34.3 Å². The number of hydrogen-bond donors (Lipinski definition) is 2. The summed E-state index contributed by atoms with van der Waals surface area (Å²) in [4.78, 5) is 12.3. The van der Waals surface area contributed by atoms with Gasteiger partial charge in [0, 0.05) is 17.6 Å². The maximum Gasteiger partial charge on any atom is 0.227 e. The predicted molar refractivity (Wildman–Crippen MR) is 76.2 cm³/mol. The van der Waals surface area contributed by atoms with Gasteiger partial charge in [0.15, 0.2) is 0 Å². The van der Waals surface area contributed by atoms with Crippen LogP contribution >= 0.6 is 15.9 Å². The van der Waals surface area contributed by atoms with E-state index >= 15 is 0 Å². The molecule has 18 heavy (non-hydrogen) atoms. The minimum atomic E-state index is -0.199. The number of amides is 1. The normalized spacial score (nSPS) is 23.0. The van der Waals surface area contributed by atoms with E-state index in [0.29, 0.717) is 6.54 Å². The van der Waals surface area contributed by atoms with E-state index < -0.39 is 0 Å². The van der Waals surface area contributed by atoms with Crippen molar-refractivity contribution in [2.75, 3.05) is 13.1 Å². The average molecular weight is 311 g/mol. The fraction of sp³-hybridized carbons (Fsp3) is 0.500. The number of carbonyl (C=O) groups is 1. The second-order valence-corrected chi connectivity index (χ2v) is 5.79. The van der Waals surface area contributed by atoms with E-state index in [0.717, 1.165) is 36.0 Å².